The van der Waals surface area contributed by atoms with Gasteiger partial charge in [-0.3, -0.25) is 9.78 Å². The van der Waals surface area contributed by atoms with Crippen molar-refractivity contribution in [2.24, 2.45) is 0 Å². The van der Waals surface area contributed by atoms with E-state index < -0.39 is 0 Å². The van der Waals surface area contributed by atoms with E-state index in [2.05, 4.69) is 46.8 Å². The van der Waals surface area contributed by atoms with Crippen LogP contribution in [0.3, 0.4) is 0 Å². The molecule has 0 saturated carbocycles. The summed E-state index contributed by atoms with van der Waals surface area (Å²) in [6, 6.07) is 15.5. The molecule has 132 valence electrons. The largest absolute Gasteiger partial charge is 0.380 e. The van der Waals surface area contributed by atoms with Crippen LogP contribution >= 0.6 is 11.6 Å². The highest BCUT2D eigenvalue weighted by Gasteiger charge is 2.09. The van der Waals surface area contributed by atoms with Crippen molar-refractivity contribution in [3.05, 3.63) is 88.2 Å². The first-order valence-electron chi connectivity index (χ1n) is 8.33. The minimum Gasteiger partial charge on any atom is -0.380 e. The van der Waals surface area contributed by atoms with Gasteiger partial charge in [0.05, 0.1) is 11.3 Å². The van der Waals surface area contributed by atoms with E-state index in [1.54, 1.807) is 30.6 Å². The normalized spacial score (nSPS) is 10.4. The molecule has 3 rings (SSSR count). The lowest BCUT2D eigenvalue weighted by Crippen LogP contribution is -2.13. The number of hydrogen-bond donors (Lipinski definition) is 2. The van der Waals surface area contributed by atoms with Crippen LogP contribution in [0, 0.1) is 13.8 Å². The van der Waals surface area contributed by atoms with Gasteiger partial charge in [0.2, 0.25) is 0 Å². The Morgan fingerprint density at radius 3 is 2.58 bits per heavy atom. The summed E-state index contributed by atoms with van der Waals surface area (Å²) in [6.45, 7) is 4.65. The monoisotopic (exact) mass is 365 g/mol. The molecule has 0 aliphatic heterocycles. The molecule has 4 nitrogen and oxygen atoms in total. The fourth-order valence-electron chi connectivity index (χ4n) is 2.49. The van der Waals surface area contributed by atoms with Gasteiger partial charge < -0.3 is 10.6 Å². The van der Waals surface area contributed by atoms with Gasteiger partial charge in [-0.05, 0) is 43.2 Å². The topological polar surface area (TPSA) is 54.0 Å². The number of carbonyl (C=O) groups is 1. The lowest BCUT2D eigenvalue weighted by atomic mass is 10.1. The van der Waals surface area contributed by atoms with Crippen molar-refractivity contribution in [2.75, 3.05) is 10.6 Å². The van der Waals surface area contributed by atoms with Crippen LogP contribution in [0.1, 0.15) is 27.0 Å². The Morgan fingerprint density at radius 2 is 1.81 bits per heavy atom. The summed E-state index contributed by atoms with van der Waals surface area (Å²) < 4.78 is 0. The molecule has 0 spiro atoms. The average Bonchev–Trinajstić information content (AvgIpc) is 2.64. The minimum absolute atomic E-state index is 0.221. The fraction of sp³-hybridized carbons (Fsp3) is 0.143. The van der Waals surface area contributed by atoms with E-state index in [-0.39, 0.29) is 5.91 Å². The molecule has 0 atom stereocenters. The first-order chi connectivity index (χ1) is 12.5. The Hall–Kier alpha value is -2.85. The molecule has 0 unspecified atom stereocenters. The third kappa shape index (κ3) is 4.61. The third-order valence-corrected chi connectivity index (χ3v) is 4.30. The number of aromatic nitrogens is 1. The van der Waals surface area contributed by atoms with Gasteiger partial charge in [0, 0.05) is 29.6 Å². The molecular formula is C21H20ClN3O. The molecule has 0 saturated heterocycles. The van der Waals surface area contributed by atoms with Crippen LogP contribution in [0.2, 0.25) is 5.02 Å². The molecule has 0 aliphatic rings. The van der Waals surface area contributed by atoms with Crippen LogP contribution in [0.15, 0.2) is 60.9 Å². The quantitative estimate of drug-likeness (QED) is 0.652. The maximum absolute atomic E-state index is 12.5. The molecule has 0 aliphatic carbocycles. The van der Waals surface area contributed by atoms with Crippen molar-refractivity contribution >= 4 is 28.9 Å². The van der Waals surface area contributed by atoms with Crippen LogP contribution in [0.25, 0.3) is 0 Å². The summed E-state index contributed by atoms with van der Waals surface area (Å²) in [5.41, 5.74) is 5.31. The average molecular weight is 366 g/mol. The van der Waals surface area contributed by atoms with E-state index in [9.17, 15) is 4.79 Å². The van der Waals surface area contributed by atoms with Gasteiger partial charge in [-0.15, -0.1) is 0 Å². The van der Waals surface area contributed by atoms with Crippen molar-refractivity contribution in [3.8, 4) is 0 Å². The Kier molecular flexibility index (Phi) is 5.54. The number of amides is 1. The number of carbonyl (C=O) groups excluding carboxylic acids is 1. The second kappa shape index (κ2) is 8.02. The lowest BCUT2D eigenvalue weighted by molar-refractivity contribution is 0.102. The third-order valence-electron chi connectivity index (χ3n) is 4.07. The second-order valence-corrected chi connectivity index (χ2v) is 6.65. The molecular weight excluding hydrogens is 346 g/mol. The summed E-state index contributed by atoms with van der Waals surface area (Å²) in [6.07, 6.45) is 3.25. The van der Waals surface area contributed by atoms with E-state index in [1.807, 2.05) is 13.0 Å². The van der Waals surface area contributed by atoms with Crippen LogP contribution < -0.4 is 10.6 Å². The van der Waals surface area contributed by atoms with Gasteiger partial charge in [0.1, 0.15) is 0 Å². The zero-order chi connectivity index (χ0) is 18.5. The maximum atomic E-state index is 12.5. The molecule has 1 aromatic heterocycles. The van der Waals surface area contributed by atoms with Gasteiger partial charge in [-0.1, -0.05) is 47.5 Å². The smallest absolute Gasteiger partial charge is 0.257 e. The van der Waals surface area contributed by atoms with E-state index in [4.69, 9.17) is 11.6 Å². The van der Waals surface area contributed by atoms with Crippen molar-refractivity contribution in [1.29, 1.82) is 0 Å². The molecule has 0 bridgehead atoms. The molecule has 5 heteroatoms. The number of halogens is 1. The highest BCUT2D eigenvalue weighted by atomic mass is 35.5. The van der Waals surface area contributed by atoms with Gasteiger partial charge in [0.15, 0.2) is 0 Å². The molecule has 2 N–H and O–H groups in total. The Balaban J connectivity index is 1.69. The predicted octanol–water partition coefficient (Wildman–Crippen LogP) is 5.22. The summed E-state index contributed by atoms with van der Waals surface area (Å²) >= 11 is 6.01. The summed E-state index contributed by atoms with van der Waals surface area (Å²) in [4.78, 5) is 16.7. The Labute approximate surface area is 158 Å². The number of rotatable bonds is 5. The maximum Gasteiger partial charge on any atom is 0.257 e. The molecule has 0 radical (unpaired) electrons. The Bertz CT molecular complexity index is 923. The van der Waals surface area contributed by atoms with Gasteiger partial charge >= 0.3 is 0 Å². The number of pyridine rings is 1. The van der Waals surface area contributed by atoms with Crippen LogP contribution in [-0.4, -0.2) is 10.9 Å². The summed E-state index contributed by atoms with van der Waals surface area (Å²) in [5, 5.41) is 6.76. The number of aryl methyl sites for hydroxylation is 2. The number of nitrogens with one attached hydrogen (secondary N) is 2. The molecule has 1 heterocycles. The molecule has 1 amide bonds. The first-order valence-corrected chi connectivity index (χ1v) is 8.71. The first kappa shape index (κ1) is 18.0. The van der Waals surface area contributed by atoms with E-state index in [1.165, 1.54) is 11.1 Å². The standard InChI is InChI=1S/C21H20ClN3O/c1-14-3-6-16(7-4-14)11-24-19-9-17(12-23-13-19)21(26)25-20-10-18(22)8-5-15(20)2/h3-10,12-13,24H,11H2,1-2H3,(H,25,26). The van der Waals surface area contributed by atoms with Crippen molar-refractivity contribution in [1.82, 2.24) is 4.98 Å². The molecule has 3 aromatic rings. The summed E-state index contributed by atoms with van der Waals surface area (Å²) in [5.74, 6) is -0.221. The predicted molar refractivity (Wildman–Crippen MR) is 107 cm³/mol. The lowest BCUT2D eigenvalue weighted by Gasteiger charge is -2.10. The Morgan fingerprint density at radius 1 is 1.04 bits per heavy atom. The van der Waals surface area contributed by atoms with Gasteiger partial charge in [0.25, 0.3) is 5.91 Å². The SMILES string of the molecule is Cc1ccc(CNc2cncc(C(=O)Nc3cc(Cl)ccc3C)c2)cc1. The van der Waals surface area contributed by atoms with E-state index in [0.29, 0.717) is 22.8 Å². The molecule has 0 fully saturated rings. The van der Waals surface area contributed by atoms with Crippen LogP contribution in [0.5, 0.6) is 0 Å². The van der Waals surface area contributed by atoms with Crippen LogP contribution in [0.4, 0.5) is 11.4 Å². The second-order valence-electron chi connectivity index (χ2n) is 6.21. The van der Waals surface area contributed by atoms with Crippen LogP contribution in [-0.2, 0) is 6.54 Å². The van der Waals surface area contributed by atoms with Crippen molar-refractivity contribution < 1.29 is 4.79 Å². The highest BCUT2D eigenvalue weighted by Crippen LogP contribution is 2.21. The molecule has 2 aromatic carbocycles. The zero-order valence-electron chi connectivity index (χ0n) is 14.7. The van der Waals surface area contributed by atoms with Gasteiger partial charge in [-0.25, -0.2) is 0 Å². The number of benzene rings is 2. The van der Waals surface area contributed by atoms with Crippen molar-refractivity contribution in [2.45, 2.75) is 20.4 Å². The number of hydrogen-bond acceptors (Lipinski definition) is 3. The minimum atomic E-state index is -0.221. The number of nitrogens with zero attached hydrogens (tertiary/aromatic N) is 1. The molecule has 26 heavy (non-hydrogen) atoms. The van der Waals surface area contributed by atoms with E-state index >= 15 is 0 Å². The zero-order valence-corrected chi connectivity index (χ0v) is 15.5. The van der Waals surface area contributed by atoms with Crippen molar-refractivity contribution in [3.63, 3.8) is 0 Å². The van der Waals surface area contributed by atoms with Gasteiger partial charge in [-0.2, -0.15) is 0 Å². The summed E-state index contributed by atoms with van der Waals surface area (Å²) in [7, 11) is 0. The fourth-order valence-corrected chi connectivity index (χ4v) is 2.67. The number of anilines is 2. The highest BCUT2D eigenvalue weighted by molar-refractivity contribution is 6.31. The van der Waals surface area contributed by atoms with E-state index in [0.717, 1.165) is 11.3 Å².